The molecule has 0 aliphatic carbocycles. The van der Waals surface area contributed by atoms with Crippen LogP contribution in [0.4, 0.5) is 0 Å². The van der Waals surface area contributed by atoms with E-state index in [-0.39, 0.29) is 0 Å². The lowest BCUT2D eigenvalue weighted by molar-refractivity contribution is 0.215. The Kier molecular flexibility index (Phi) is 5.93. The average Bonchev–Trinajstić information content (AvgIpc) is 2.53. The summed E-state index contributed by atoms with van der Waals surface area (Å²) in [6.45, 7) is 1.83. The highest BCUT2D eigenvalue weighted by Crippen LogP contribution is 2.24. The van der Waals surface area contributed by atoms with Gasteiger partial charge in [-0.2, -0.15) is 0 Å². The third-order valence-electron chi connectivity index (χ3n) is 2.83. The summed E-state index contributed by atoms with van der Waals surface area (Å²) in [7, 11) is 1.54. The molecular weight excluding hydrogens is 278 g/mol. The smallest absolute Gasteiger partial charge is 0.106 e. The van der Waals surface area contributed by atoms with Gasteiger partial charge in [0, 0.05) is 21.8 Å². The Labute approximate surface area is 130 Å². The summed E-state index contributed by atoms with van der Waals surface area (Å²) in [4.78, 5) is 5.96. The van der Waals surface area contributed by atoms with E-state index < -0.39 is 0 Å². The molecule has 2 nitrogen and oxygen atoms in total. The van der Waals surface area contributed by atoms with Crippen molar-refractivity contribution in [1.82, 2.24) is 0 Å². The van der Waals surface area contributed by atoms with Crippen LogP contribution in [-0.2, 0) is 10.6 Å². The first-order chi connectivity index (χ1) is 10.3. The first kappa shape index (κ1) is 15.2. The maximum absolute atomic E-state index is 4.76. The summed E-state index contributed by atoms with van der Waals surface area (Å²) in [6.07, 6.45) is 1.70. The van der Waals surface area contributed by atoms with Crippen molar-refractivity contribution in [1.29, 1.82) is 0 Å². The molecule has 0 aliphatic rings. The summed E-state index contributed by atoms with van der Waals surface area (Å²) in [5, 5.41) is 3.84. The van der Waals surface area contributed by atoms with Crippen LogP contribution in [0, 0.1) is 11.8 Å². The minimum atomic E-state index is 0.945. The average molecular weight is 295 g/mol. The van der Waals surface area contributed by atoms with Crippen LogP contribution in [0.3, 0.4) is 0 Å². The van der Waals surface area contributed by atoms with Gasteiger partial charge in [0.15, 0.2) is 0 Å². The number of oxime groups is 1. The zero-order valence-electron chi connectivity index (χ0n) is 12.2. The molecule has 0 radical (unpaired) electrons. The van der Waals surface area contributed by atoms with Gasteiger partial charge in [-0.15, -0.1) is 17.7 Å². The molecule has 2 aromatic rings. The molecule has 0 heterocycles. The highest BCUT2D eigenvalue weighted by Gasteiger charge is 2.02. The fourth-order valence-electron chi connectivity index (χ4n) is 1.84. The van der Waals surface area contributed by atoms with E-state index in [4.69, 9.17) is 4.84 Å². The van der Waals surface area contributed by atoms with Crippen molar-refractivity contribution >= 4 is 18.0 Å². The molecule has 0 atom stereocenters. The first-order valence-corrected chi connectivity index (χ1v) is 7.62. The van der Waals surface area contributed by atoms with Crippen molar-refractivity contribution in [3.8, 4) is 11.8 Å². The molecule has 3 heteroatoms. The Morgan fingerprint density at radius 3 is 2.71 bits per heavy atom. The predicted molar refractivity (Wildman–Crippen MR) is 89.6 cm³/mol. The molecule has 0 amide bonds. The van der Waals surface area contributed by atoms with Gasteiger partial charge >= 0.3 is 0 Å². The molecule has 0 bridgehead atoms. The van der Waals surface area contributed by atoms with Crippen molar-refractivity contribution in [2.75, 3.05) is 7.11 Å². The van der Waals surface area contributed by atoms with Gasteiger partial charge in [0.2, 0.25) is 0 Å². The Bertz CT molecular complexity index is 669. The lowest BCUT2D eigenvalue weighted by Gasteiger charge is -2.05. The number of nitrogens with zero attached hydrogens (tertiary/aromatic N) is 1. The minimum Gasteiger partial charge on any atom is -0.399 e. The van der Waals surface area contributed by atoms with Crippen molar-refractivity contribution in [3.05, 3.63) is 65.2 Å². The van der Waals surface area contributed by atoms with Gasteiger partial charge in [-0.25, -0.2) is 0 Å². The van der Waals surface area contributed by atoms with Crippen LogP contribution >= 0.6 is 11.8 Å². The molecule has 2 rings (SSSR count). The van der Waals surface area contributed by atoms with Crippen molar-refractivity contribution in [3.63, 3.8) is 0 Å². The van der Waals surface area contributed by atoms with E-state index in [9.17, 15) is 0 Å². The number of rotatable bonds is 5. The SMILES string of the molecule is CC#Cc1ccc(SCc2ccccc2)cc1/C=N/OC. The number of hydrogen-bond acceptors (Lipinski definition) is 3. The van der Waals surface area contributed by atoms with E-state index in [1.54, 1.807) is 18.0 Å². The Morgan fingerprint density at radius 2 is 2.00 bits per heavy atom. The van der Waals surface area contributed by atoms with E-state index in [0.29, 0.717) is 0 Å². The van der Waals surface area contributed by atoms with E-state index in [0.717, 1.165) is 16.9 Å². The van der Waals surface area contributed by atoms with Gasteiger partial charge < -0.3 is 4.84 Å². The predicted octanol–water partition coefficient (Wildman–Crippen LogP) is 4.33. The lowest BCUT2D eigenvalue weighted by Crippen LogP contribution is -1.90. The molecule has 21 heavy (non-hydrogen) atoms. The topological polar surface area (TPSA) is 21.6 Å². The quantitative estimate of drug-likeness (QED) is 0.354. The normalized spacial score (nSPS) is 10.2. The number of hydrogen-bond donors (Lipinski definition) is 0. The monoisotopic (exact) mass is 295 g/mol. The van der Waals surface area contributed by atoms with Crippen LogP contribution in [0.2, 0.25) is 0 Å². The van der Waals surface area contributed by atoms with Crippen LogP contribution in [0.1, 0.15) is 23.6 Å². The number of benzene rings is 2. The zero-order valence-corrected chi connectivity index (χ0v) is 13.0. The molecule has 0 fully saturated rings. The van der Waals surface area contributed by atoms with Crippen LogP contribution in [0.25, 0.3) is 0 Å². The summed E-state index contributed by atoms with van der Waals surface area (Å²) < 4.78 is 0. The Hall–Kier alpha value is -2.18. The van der Waals surface area contributed by atoms with Crippen LogP contribution in [-0.4, -0.2) is 13.3 Å². The van der Waals surface area contributed by atoms with Gasteiger partial charge in [0.05, 0.1) is 6.21 Å². The van der Waals surface area contributed by atoms with Gasteiger partial charge in [-0.05, 0) is 30.7 Å². The highest BCUT2D eigenvalue weighted by molar-refractivity contribution is 7.98. The standard InChI is InChI=1S/C18H17NOS/c1-3-7-16-10-11-18(12-17(16)13-19-20-2)21-14-15-8-5-4-6-9-15/h4-6,8-13H,14H2,1-2H3/b19-13+. The molecule has 0 saturated carbocycles. The minimum absolute atomic E-state index is 0.945. The number of thioether (sulfide) groups is 1. The largest absolute Gasteiger partial charge is 0.399 e. The third-order valence-corrected chi connectivity index (χ3v) is 3.89. The highest BCUT2D eigenvalue weighted by atomic mass is 32.2. The second-order valence-electron chi connectivity index (χ2n) is 4.32. The Morgan fingerprint density at radius 1 is 1.19 bits per heavy atom. The van der Waals surface area contributed by atoms with Crippen LogP contribution < -0.4 is 0 Å². The molecule has 0 saturated heterocycles. The molecule has 0 aromatic heterocycles. The van der Waals surface area contributed by atoms with Gasteiger partial charge in [-0.3, -0.25) is 0 Å². The molecule has 2 aromatic carbocycles. The van der Waals surface area contributed by atoms with Crippen LogP contribution in [0.5, 0.6) is 0 Å². The maximum Gasteiger partial charge on any atom is 0.106 e. The van der Waals surface area contributed by atoms with E-state index in [1.807, 2.05) is 19.1 Å². The zero-order chi connectivity index (χ0) is 14.9. The molecule has 0 spiro atoms. The second kappa shape index (κ2) is 8.18. The fourth-order valence-corrected chi connectivity index (χ4v) is 2.74. The van der Waals surface area contributed by atoms with E-state index in [2.05, 4.69) is 53.4 Å². The van der Waals surface area contributed by atoms with E-state index >= 15 is 0 Å². The van der Waals surface area contributed by atoms with E-state index in [1.165, 1.54) is 17.6 Å². The van der Waals surface area contributed by atoms with Gasteiger partial charge in [0.25, 0.3) is 0 Å². The maximum atomic E-state index is 4.76. The van der Waals surface area contributed by atoms with Crippen molar-refractivity contribution in [2.24, 2.45) is 5.16 Å². The van der Waals surface area contributed by atoms with Gasteiger partial charge in [-0.1, -0.05) is 41.4 Å². The van der Waals surface area contributed by atoms with Crippen molar-refractivity contribution in [2.45, 2.75) is 17.6 Å². The molecule has 0 unspecified atom stereocenters. The molecular formula is C18H17NOS. The molecule has 0 aliphatic heterocycles. The van der Waals surface area contributed by atoms with Gasteiger partial charge in [0.1, 0.15) is 7.11 Å². The summed E-state index contributed by atoms with van der Waals surface area (Å²) in [6, 6.07) is 16.6. The lowest BCUT2D eigenvalue weighted by atomic mass is 10.1. The third kappa shape index (κ3) is 4.70. The molecule has 0 N–H and O–H groups in total. The summed E-state index contributed by atoms with van der Waals surface area (Å²) in [5.41, 5.74) is 3.25. The second-order valence-corrected chi connectivity index (χ2v) is 5.36. The Balaban J connectivity index is 2.16. The molecule has 106 valence electrons. The first-order valence-electron chi connectivity index (χ1n) is 6.63. The van der Waals surface area contributed by atoms with Crippen LogP contribution in [0.15, 0.2) is 58.6 Å². The summed E-state index contributed by atoms with van der Waals surface area (Å²) >= 11 is 1.80. The van der Waals surface area contributed by atoms with Crippen molar-refractivity contribution < 1.29 is 4.84 Å². The summed E-state index contributed by atoms with van der Waals surface area (Å²) in [5.74, 6) is 6.94. The fraction of sp³-hybridized carbons (Fsp3) is 0.167.